The molecule has 3 N–H and O–H groups in total. The van der Waals surface area contributed by atoms with E-state index in [-0.39, 0.29) is 13.0 Å². The van der Waals surface area contributed by atoms with Gasteiger partial charge >= 0.3 is 7.60 Å². The van der Waals surface area contributed by atoms with Crippen LogP contribution in [0.25, 0.3) is 0 Å². The normalized spacial score (nSPS) is 14.7. The molecule has 0 rings (SSSR count). The van der Waals surface area contributed by atoms with Gasteiger partial charge in [-0.15, -0.1) is 0 Å². The van der Waals surface area contributed by atoms with Gasteiger partial charge in [-0.25, -0.2) is 0 Å². The van der Waals surface area contributed by atoms with E-state index in [1.807, 2.05) is 21.1 Å². The van der Waals surface area contributed by atoms with Crippen molar-refractivity contribution in [3.8, 4) is 0 Å². The van der Waals surface area contributed by atoms with Crippen molar-refractivity contribution in [3.05, 3.63) is 12.2 Å². The number of hydrogen-bond acceptors (Lipinski definition) is 2. The van der Waals surface area contributed by atoms with Gasteiger partial charge in [0.1, 0.15) is 6.54 Å². The average Bonchev–Trinajstić information content (AvgIpc) is 2.73. The summed E-state index contributed by atoms with van der Waals surface area (Å²) in [4.78, 5) is 19.2. The fourth-order valence-electron chi connectivity index (χ4n) is 4.60. The van der Waals surface area contributed by atoms with Gasteiger partial charge in [-0.2, -0.15) is 0 Å². The minimum absolute atomic E-state index is 0.0636. The van der Waals surface area contributed by atoms with E-state index in [4.69, 9.17) is 0 Å². The maximum atomic E-state index is 11.8. The van der Waals surface area contributed by atoms with Crippen LogP contribution in [0.2, 0.25) is 0 Å². The van der Waals surface area contributed by atoms with E-state index in [0.29, 0.717) is 10.9 Å². The Morgan fingerprint density at radius 1 is 0.647 bits per heavy atom. The molecule has 34 heavy (non-hydrogen) atoms. The Hall–Kier alpha value is -0.190. The van der Waals surface area contributed by atoms with E-state index < -0.39 is 12.9 Å². The molecule has 0 saturated carbocycles. The summed E-state index contributed by atoms with van der Waals surface area (Å²) in [7, 11) is 0.989. The number of allylic oxidation sites excluding steroid dienone is 2. The summed E-state index contributed by atoms with van der Waals surface area (Å²) >= 11 is 0. The highest BCUT2D eigenvalue weighted by Gasteiger charge is 2.48. The molecule has 0 aromatic carbocycles. The fraction of sp³-hybridized carbons (Fsp3) is 0.929. The molecule has 1 atom stereocenters. The van der Waals surface area contributed by atoms with Crippen molar-refractivity contribution in [2.24, 2.45) is 0 Å². The molecular weight excluding hydrogens is 445 g/mol. The summed E-state index contributed by atoms with van der Waals surface area (Å²) in [5, 5.41) is 8.65. The monoisotopic (exact) mass is 504 g/mol. The minimum atomic E-state index is -4.54. The fourth-order valence-corrected chi connectivity index (χ4v) is 5.66. The molecular formula is C28H59NO4P+. The zero-order valence-corrected chi connectivity index (χ0v) is 24.0. The molecule has 1 unspecified atom stereocenters. The molecule has 204 valence electrons. The molecule has 0 aliphatic carbocycles. The zero-order valence-electron chi connectivity index (χ0n) is 23.1. The largest absolute Gasteiger partial charge is 0.373 e. The first-order valence-corrected chi connectivity index (χ1v) is 15.9. The summed E-state index contributed by atoms with van der Waals surface area (Å²) in [6.45, 7) is 2.31. The highest BCUT2D eigenvalue weighted by atomic mass is 31.2. The smallest absolute Gasteiger partial charge is 0.362 e. The summed E-state index contributed by atoms with van der Waals surface area (Å²) < 4.78 is 12.1. The molecule has 0 bridgehead atoms. The first-order valence-electron chi connectivity index (χ1n) is 14.3. The maximum absolute atomic E-state index is 11.8. The van der Waals surface area contributed by atoms with Crippen LogP contribution in [0.1, 0.15) is 135 Å². The van der Waals surface area contributed by atoms with Crippen LogP contribution in [0.5, 0.6) is 0 Å². The SMILES string of the molecule is CCCC/C=C\CCCCCCCCCCCCCCCCCC(O)(C[N+](C)(C)C)P(=O)(O)O. The molecule has 0 amide bonds. The van der Waals surface area contributed by atoms with Gasteiger partial charge in [0, 0.05) is 0 Å². The first-order chi connectivity index (χ1) is 16.0. The van der Waals surface area contributed by atoms with Gasteiger partial charge in [0.2, 0.25) is 5.34 Å². The van der Waals surface area contributed by atoms with E-state index in [0.717, 1.165) is 12.8 Å². The summed E-state index contributed by atoms with van der Waals surface area (Å²) in [5.41, 5.74) is 0. The number of rotatable bonds is 24. The van der Waals surface area contributed by atoms with E-state index in [9.17, 15) is 19.5 Å². The van der Waals surface area contributed by atoms with E-state index in [1.54, 1.807) is 0 Å². The second-order valence-electron chi connectivity index (χ2n) is 11.4. The molecule has 0 fully saturated rings. The Labute approximate surface area is 212 Å². The quantitative estimate of drug-likeness (QED) is 0.0539. The van der Waals surface area contributed by atoms with Gasteiger partial charge < -0.3 is 19.4 Å². The van der Waals surface area contributed by atoms with Gasteiger partial charge in [-0.05, 0) is 32.1 Å². The molecule has 0 aliphatic heterocycles. The van der Waals surface area contributed by atoms with Crippen LogP contribution in [-0.4, -0.2) is 52.4 Å². The van der Waals surface area contributed by atoms with Crippen molar-refractivity contribution in [3.63, 3.8) is 0 Å². The van der Waals surface area contributed by atoms with Gasteiger partial charge in [0.15, 0.2) is 0 Å². The molecule has 0 heterocycles. The summed E-state index contributed by atoms with van der Waals surface area (Å²) in [6, 6.07) is 0. The number of aliphatic hydroxyl groups is 1. The van der Waals surface area contributed by atoms with Crippen LogP contribution in [0, 0.1) is 0 Å². The second kappa shape index (κ2) is 19.9. The topological polar surface area (TPSA) is 77.8 Å². The lowest BCUT2D eigenvalue weighted by atomic mass is 10.0. The van der Waals surface area contributed by atoms with Crippen molar-refractivity contribution >= 4 is 7.60 Å². The third-order valence-corrected chi connectivity index (χ3v) is 8.06. The Morgan fingerprint density at radius 3 is 1.35 bits per heavy atom. The van der Waals surface area contributed by atoms with E-state index in [2.05, 4.69) is 19.1 Å². The maximum Gasteiger partial charge on any atom is 0.362 e. The number of unbranched alkanes of at least 4 members (excludes halogenated alkanes) is 17. The molecule has 5 nitrogen and oxygen atoms in total. The molecule has 6 heteroatoms. The zero-order chi connectivity index (χ0) is 25.8. The molecule has 0 radical (unpaired) electrons. The van der Waals surface area contributed by atoms with Gasteiger partial charge in [-0.1, -0.05) is 115 Å². The Morgan fingerprint density at radius 2 is 1.00 bits per heavy atom. The highest BCUT2D eigenvalue weighted by molar-refractivity contribution is 7.53. The lowest BCUT2D eigenvalue weighted by Crippen LogP contribution is -2.49. The minimum Gasteiger partial charge on any atom is -0.373 e. The molecule has 0 aromatic heterocycles. The number of likely N-dealkylation sites (N-methyl/N-ethyl adjacent to an activating group) is 1. The lowest BCUT2D eigenvalue weighted by molar-refractivity contribution is -0.875. The number of nitrogens with zero attached hydrogens (tertiary/aromatic N) is 1. The Kier molecular flexibility index (Phi) is 19.8. The molecule has 0 spiro atoms. The Balaban J connectivity index is 3.50. The Bertz CT molecular complexity index is 541. The molecule has 0 aromatic rings. The van der Waals surface area contributed by atoms with Crippen LogP contribution in [0.3, 0.4) is 0 Å². The van der Waals surface area contributed by atoms with Crippen molar-refractivity contribution in [1.82, 2.24) is 0 Å². The molecule has 0 saturated heterocycles. The lowest BCUT2D eigenvalue weighted by Gasteiger charge is -2.35. The van der Waals surface area contributed by atoms with Crippen molar-refractivity contribution in [2.75, 3.05) is 27.7 Å². The van der Waals surface area contributed by atoms with E-state index in [1.165, 1.54) is 103 Å². The number of quaternary nitrogens is 1. The third kappa shape index (κ3) is 20.0. The first kappa shape index (κ1) is 33.8. The van der Waals surface area contributed by atoms with Crippen molar-refractivity contribution < 1.29 is 23.9 Å². The predicted molar refractivity (Wildman–Crippen MR) is 147 cm³/mol. The van der Waals surface area contributed by atoms with Crippen LogP contribution >= 0.6 is 7.60 Å². The van der Waals surface area contributed by atoms with Gasteiger partial charge in [0.25, 0.3) is 0 Å². The standard InChI is InChI=1S/C28H58NO4P/c1-5-6-7-8-9-10-11-12-13-14-15-16-17-18-19-20-21-22-23-24-25-26-28(30,34(31,32)33)27-29(2,3)4/h8-9,30H,5-7,10-27H2,1-4H3,(H-,31,32,33)/p+1/b9-8-. The van der Waals surface area contributed by atoms with Crippen LogP contribution in [0.15, 0.2) is 12.2 Å². The van der Waals surface area contributed by atoms with Crippen LogP contribution in [-0.2, 0) is 4.57 Å². The van der Waals surface area contributed by atoms with Crippen molar-refractivity contribution in [2.45, 2.75) is 141 Å². The average molecular weight is 505 g/mol. The summed E-state index contributed by atoms with van der Waals surface area (Å²) in [5.74, 6) is 0. The molecule has 0 aliphatic rings. The van der Waals surface area contributed by atoms with Gasteiger partial charge in [0.05, 0.1) is 21.1 Å². The van der Waals surface area contributed by atoms with Gasteiger partial charge in [-0.3, -0.25) is 4.57 Å². The van der Waals surface area contributed by atoms with Crippen LogP contribution < -0.4 is 0 Å². The number of hydrogen-bond donors (Lipinski definition) is 3. The second-order valence-corrected chi connectivity index (χ2v) is 13.4. The van der Waals surface area contributed by atoms with Crippen LogP contribution in [0.4, 0.5) is 0 Å². The predicted octanol–water partition coefficient (Wildman–Crippen LogP) is 7.94. The van der Waals surface area contributed by atoms with E-state index >= 15 is 0 Å². The highest BCUT2D eigenvalue weighted by Crippen LogP contribution is 2.52. The van der Waals surface area contributed by atoms with Crippen molar-refractivity contribution in [1.29, 1.82) is 0 Å². The summed E-state index contributed by atoms with van der Waals surface area (Å²) in [6.07, 6.45) is 28.7. The third-order valence-electron chi connectivity index (χ3n) is 6.61.